The topological polar surface area (TPSA) is 69.7 Å². The van der Waals surface area contributed by atoms with Gasteiger partial charge in [0.15, 0.2) is 0 Å². The van der Waals surface area contributed by atoms with Gasteiger partial charge in [0.1, 0.15) is 0 Å². The van der Waals surface area contributed by atoms with E-state index in [0.29, 0.717) is 5.56 Å². The van der Waals surface area contributed by atoms with E-state index in [-0.39, 0.29) is 17.3 Å². The molecular formula is C24H33N3O3S2. The second-order valence-corrected chi connectivity index (χ2v) is 10.5. The maximum Gasteiger partial charge on any atom is 0.255 e. The van der Waals surface area contributed by atoms with Crippen LogP contribution < -0.4 is 9.62 Å². The zero-order chi connectivity index (χ0) is 23.1. The van der Waals surface area contributed by atoms with Gasteiger partial charge in [-0.2, -0.15) is 0 Å². The smallest absolute Gasteiger partial charge is 0.255 e. The van der Waals surface area contributed by atoms with Crippen molar-refractivity contribution in [3.05, 3.63) is 53.6 Å². The van der Waals surface area contributed by atoms with Crippen LogP contribution in [-0.4, -0.2) is 51.7 Å². The summed E-state index contributed by atoms with van der Waals surface area (Å²) in [7, 11) is -3.75. The minimum absolute atomic E-state index is 0.0851. The number of nitrogens with zero attached hydrogens (tertiary/aromatic N) is 2. The van der Waals surface area contributed by atoms with Gasteiger partial charge in [0, 0.05) is 43.3 Å². The third-order valence-electron chi connectivity index (χ3n) is 5.89. The second-order valence-electron chi connectivity index (χ2n) is 7.88. The molecule has 0 atom stereocenters. The normalized spacial score (nSPS) is 14.4. The SMILES string of the molecule is CCN(CC)c1ccc(CNS(=O)(=O)c2ccc(SC)c(C(=O)N3CCCCC3)c2)cc1. The highest BCUT2D eigenvalue weighted by Crippen LogP contribution is 2.26. The lowest BCUT2D eigenvalue weighted by molar-refractivity contribution is 0.0720. The first-order chi connectivity index (χ1) is 15.4. The Hall–Kier alpha value is -2.03. The van der Waals surface area contributed by atoms with Gasteiger partial charge in [-0.1, -0.05) is 12.1 Å². The van der Waals surface area contributed by atoms with Crippen LogP contribution in [0.2, 0.25) is 0 Å². The van der Waals surface area contributed by atoms with Crippen LogP contribution in [-0.2, 0) is 16.6 Å². The molecule has 2 aromatic rings. The molecule has 1 saturated heterocycles. The molecule has 1 N–H and O–H groups in total. The van der Waals surface area contributed by atoms with Gasteiger partial charge in [-0.05, 0) is 75.3 Å². The van der Waals surface area contributed by atoms with E-state index in [4.69, 9.17) is 0 Å². The van der Waals surface area contributed by atoms with Gasteiger partial charge in [0.25, 0.3) is 5.91 Å². The van der Waals surface area contributed by atoms with E-state index in [1.54, 1.807) is 12.1 Å². The molecule has 174 valence electrons. The number of carbonyl (C=O) groups is 1. The van der Waals surface area contributed by atoms with Crippen molar-refractivity contribution in [3.8, 4) is 0 Å². The molecule has 32 heavy (non-hydrogen) atoms. The van der Waals surface area contributed by atoms with E-state index >= 15 is 0 Å². The lowest BCUT2D eigenvalue weighted by Gasteiger charge is -2.27. The number of piperidine rings is 1. The number of hydrogen-bond donors (Lipinski definition) is 1. The number of carbonyl (C=O) groups excluding carboxylic acids is 1. The Morgan fingerprint density at radius 2 is 1.69 bits per heavy atom. The fraction of sp³-hybridized carbons (Fsp3) is 0.458. The fourth-order valence-electron chi connectivity index (χ4n) is 3.96. The Balaban J connectivity index is 1.75. The Morgan fingerprint density at radius 3 is 2.28 bits per heavy atom. The standard InChI is InChI=1S/C24H33N3O3S2/c1-4-26(5-2)20-11-9-19(10-12-20)18-25-32(29,30)21-13-14-23(31-3)22(17-21)24(28)27-15-7-6-8-16-27/h9-14,17,25H,4-8,15-16,18H2,1-3H3. The van der Waals surface area contributed by atoms with Crippen LogP contribution in [0.5, 0.6) is 0 Å². The predicted molar refractivity (Wildman–Crippen MR) is 132 cm³/mol. The van der Waals surface area contributed by atoms with E-state index in [0.717, 1.165) is 61.6 Å². The average Bonchev–Trinajstić information content (AvgIpc) is 2.84. The summed E-state index contributed by atoms with van der Waals surface area (Å²) in [6, 6.07) is 12.7. The number of benzene rings is 2. The number of sulfonamides is 1. The molecule has 1 heterocycles. The van der Waals surface area contributed by atoms with Gasteiger partial charge in [0.05, 0.1) is 10.5 Å². The zero-order valence-electron chi connectivity index (χ0n) is 19.1. The van der Waals surface area contributed by atoms with Gasteiger partial charge in [-0.3, -0.25) is 4.79 Å². The van der Waals surface area contributed by atoms with Crippen LogP contribution in [0.15, 0.2) is 52.3 Å². The number of amides is 1. The summed E-state index contributed by atoms with van der Waals surface area (Å²) in [6.45, 7) is 7.72. The number of likely N-dealkylation sites (tertiary alicyclic amines) is 1. The number of rotatable bonds is 9. The average molecular weight is 476 g/mol. The molecule has 0 aromatic heterocycles. The quantitative estimate of drug-likeness (QED) is 0.546. The van der Waals surface area contributed by atoms with Gasteiger partial charge >= 0.3 is 0 Å². The third kappa shape index (κ3) is 5.85. The summed E-state index contributed by atoms with van der Waals surface area (Å²) < 4.78 is 28.6. The molecule has 1 amide bonds. The summed E-state index contributed by atoms with van der Waals surface area (Å²) in [5, 5.41) is 0. The van der Waals surface area contributed by atoms with E-state index < -0.39 is 10.0 Å². The monoisotopic (exact) mass is 475 g/mol. The summed E-state index contributed by atoms with van der Waals surface area (Å²) in [5.41, 5.74) is 2.47. The molecule has 1 aliphatic heterocycles. The Kier molecular flexibility index (Phi) is 8.62. The summed E-state index contributed by atoms with van der Waals surface area (Å²) >= 11 is 1.46. The first kappa shape index (κ1) is 24.6. The molecule has 1 aliphatic rings. The molecule has 6 nitrogen and oxygen atoms in total. The summed E-state index contributed by atoms with van der Waals surface area (Å²) in [6.07, 6.45) is 5.02. The summed E-state index contributed by atoms with van der Waals surface area (Å²) in [5.74, 6) is -0.0851. The summed E-state index contributed by atoms with van der Waals surface area (Å²) in [4.78, 5) is 18.1. The van der Waals surface area contributed by atoms with E-state index in [2.05, 4.69) is 23.5 Å². The number of nitrogens with one attached hydrogen (secondary N) is 1. The van der Waals surface area contributed by atoms with Crippen molar-refractivity contribution in [1.29, 1.82) is 0 Å². The molecular weight excluding hydrogens is 442 g/mol. The van der Waals surface area contributed by atoms with Crippen LogP contribution >= 0.6 is 11.8 Å². The number of thioether (sulfide) groups is 1. The molecule has 3 rings (SSSR count). The third-order valence-corrected chi connectivity index (χ3v) is 8.08. The molecule has 0 radical (unpaired) electrons. The maximum absolute atomic E-state index is 13.1. The second kappa shape index (κ2) is 11.2. The number of hydrogen-bond acceptors (Lipinski definition) is 5. The van der Waals surface area contributed by atoms with Crippen molar-refractivity contribution in [2.24, 2.45) is 0 Å². The van der Waals surface area contributed by atoms with Crippen molar-refractivity contribution in [1.82, 2.24) is 9.62 Å². The van der Waals surface area contributed by atoms with Gasteiger partial charge in [0.2, 0.25) is 10.0 Å². The van der Waals surface area contributed by atoms with Crippen LogP contribution in [0.4, 0.5) is 5.69 Å². The first-order valence-electron chi connectivity index (χ1n) is 11.2. The number of anilines is 1. The van der Waals surface area contributed by atoms with E-state index in [1.807, 2.05) is 35.4 Å². The highest BCUT2D eigenvalue weighted by molar-refractivity contribution is 7.98. The van der Waals surface area contributed by atoms with Gasteiger partial charge < -0.3 is 9.80 Å². The minimum Gasteiger partial charge on any atom is -0.372 e. The lowest BCUT2D eigenvalue weighted by atomic mass is 10.1. The highest BCUT2D eigenvalue weighted by Gasteiger charge is 2.23. The molecule has 2 aromatic carbocycles. The molecule has 0 aliphatic carbocycles. The zero-order valence-corrected chi connectivity index (χ0v) is 20.8. The van der Waals surface area contributed by atoms with Gasteiger partial charge in [-0.25, -0.2) is 13.1 Å². The molecule has 0 spiro atoms. The lowest BCUT2D eigenvalue weighted by Crippen LogP contribution is -2.36. The van der Waals surface area contributed by atoms with Crippen molar-refractivity contribution < 1.29 is 13.2 Å². The van der Waals surface area contributed by atoms with Gasteiger partial charge in [-0.15, -0.1) is 11.8 Å². The predicted octanol–water partition coefficient (Wildman–Crippen LogP) is 4.36. The van der Waals surface area contributed by atoms with Crippen molar-refractivity contribution in [2.75, 3.05) is 37.3 Å². The van der Waals surface area contributed by atoms with Crippen molar-refractivity contribution in [3.63, 3.8) is 0 Å². The minimum atomic E-state index is -3.75. The van der Waals surface area contributed by atoms with Crippen LogP contribution in [0.3, 0.4) is 0 Å². The van der Waals surface area contributed by atoms with Crippen molar-refractivity contribution in [2.45, 2.75) is 49.4 Å². The Morgan fingerprint density at radius 1 is 1.03 bits per heavy atom. The van der Waals surface area contributed by atoms with Crippen molar-refractivity contribution >= 4 is 33.4 Å². The van der Waals surface area contributed by atoms with Crippen LogP contribution in [0.1, 0.15) is 49.0 Å². The largest absolute Gasteiger partial charge is 0.372 e. The maximum atomic E-state index is 13.1. The van der Waals surface area contributed by atoms with E-state index in [1.165, 1.54) is 17.8 Å². The fourth-order valence-corrected chi connectivity index (χ4v) is 5.58. The molecule has 1 fully saturated rings. The Labute approximate surface area is 196 Å². The molecule has 8 heteroatoms. The van der Waals surface area contributed by atoms with Crippen LogP contribution in [0, 0.1) is 0 Å². The Bertz CT molecular complexity index is 1010. The highest BCUT2D eigenvalue weighted by atomic mass is 32.2. The molecule has 0 bridgehead atoms. The van der Waals surface area contributed by atoms with E-state index in [9.17, 15) is 13.2 Å². The molecule has 0 saturated carbocycles. The molecule has 0 unspecified atom stereocenters. The first-order valence-corrected chi connectivity index (χ1v) is 13.9. The van der Waals surface area contributed by atoms with Crippen LogP contribution in [0.25, 0.3) is 0 Å².